The number of nitrogens with zero attached hydrogens (tertiary/aromatic N) is 3. The Bertz CT molecular complexity index is 644. The summed E-state index contributed by atoms with van der Waals surface area (Å²) in [4.78, 5) is 18.6. The number of likely N-dealkylation sites (tertiary alicyclic amines) is 1. The van der Waals surface area contributed by atoms with Crippen LogP contribution in [0.3, 0.4) is 0 Å². The van der Waals surface area contributed by atoms with Crippen molar-refractivity contribution in [3.05, 3.63) is 24.5 Å². The molecular weight excluding hydrogens is 332 g/mol. The van der Waals surface area contributed by atoms with Crippen molar-refractivity contribution in [2.75, 3.05) is 13.1 Å². The van der Waals surface area contributed by atoms with E-state index in [9.17, 15) is 4.79 Å². The molecule has 0 radical (unpaired) electrons. The highest BCUT2D eigenvalue weighted by Gasteiger charge is 2.28. The summed E-state index contributed by atoms with van der Waals surface area (Å²) in [6.45, 7) is 3.51. The van der Waals surface area contributed by atoms with Crippen LogP contribution in [0.4, 0.5) is 0 Å². The molecule has 2 N–H and O–H groups in total. The predicted octanol–water partition coefficient (Wildman–Crippen LogP) is 2.27. The lowest BCUT2D eigenvalue weighted by Crippen LogP contribution is -2.49. The molecule has 2 atom stereocenters. The van der Waals surface area contributed by atoms with Crippen LogP contribution in [-0.4, -0.2) is 40.1 Å². The zero-order valence-electron chi connectivity index (χ0n) is 13.7. The van der Waals surface area contributed by atoms with Gasteiger partial charge in [-0.1, -0.05) is 12.1 Å². The van der Waals surface area contributed by atoms with Crippen molar-refractivity contribution in [2.45, 2.75) is 38.6 Å². The molecule has 8 heteroatoms. The van der Waals surface area contributed by atoms with Crippen molar-refractivity contribution >= 4 is 18.3 Å². The van der Waals surface area contributed by atoms with E-state index in [0.29, 0.717) is 37.0 Å². The van der Waals surface area contributed by atoms with E-state index in [2.05, 4.69) is 17.1 Å². The number of halogens is 1. The number of rotatable bonds is 5. The molecule has 1 saturated heterocycles. The molecule has 132 valence electrons. The van der Waals surface area contributed by atoms with Crippen LogP contribution in [0.1, 0.15) is 32.1 Å². The van der Waals surface area contributed by atoms with Crippen molar-refractivity contribution in [2.24, 2.45) is 11.7 Å². The van der Waals surface area contributed by atoms with E-state index in [1.54, 1.807) is 18.6 Å². The largest absolute Gasteiger partial charge is 0.472 e. The third-order valence-corrected chi connectivity index (χ3v) is 4.37. The van der Waals surface area contributed by atoms with E-state index in [1.165, 1.54) is 0 Å². The molecule has 0 spiro atoms. The van der Waals surface area contributed by atoms with Crippen LogP contribution in [0.2, 0.25) is 0 Å². The number of aryl methyl sites for hydroxylation is 1. The average molecular weight is 355 g/mol. The Balaban J connectivity index is 0.00000208. The maximum absolute atomic E-state index is 12.4. The lowest BCUT2D eigenvalue weighted by Gasteiger charge is -2.38. The fraction of sp³-hybridized carbons (Fsp3) is 0.562. The number of furan rings is 1. The van der Waals surface area contributed by atoms with Gasteiger partial charge in [0.25, 0.3) is 0 Å². The van der Waals surface area contributed by atoms with Gasteiger partial charge in [-0.05, 0) is 24.8 Å². The smallest absolute Gasteiger partial charge is 0.227 e. The second kappa shape index (κ2) is 8.30. The fourth-order valence-electron chi connectivity index (χ4n) is 3.03. The first kappa shape index (κ1) is 18.5. The third kappa shape index (κ3) is 4.15. The Morgan fingerprint density at radius 1 is 1.50 bits per heavy atom. The topological polar surface area (TPSA) is 98.4 Å². The van der Waals surface area contributed by atoms with Crippen molar-refractivity contribution in [1.29, 1.82) is 0 Å². The van der Waals surface area contributed by atoms with Gasteiger partial charge in [-0.2, -0.15) is 4.98 Å². The number of carbonyl (C=O) groups excluding carboxylic acids is 1. The summed E-state index contributed by atoms with van der Waals surface area (Å²) in [5, 5.41) is 3.90. The van der Waals surface area contributed by atoms with Crippen LogP contribution in [0.25, 0.3) is 11.4 Å². The summed E-state index contributed by atoms with van der Waals surface area (Å²) in [5.41, 5.74) is 6.58. The average Bonchev–Trinajstić information content (AvgIpc) is 3.23. The zero-order chi connectivity index (χ0) is 16.2. The van der Waals surface area contributed by atoms with Crippen LogP contribution >= 0.6 is 12.4 Å². The first-order valence-corrected chi connectivity index (χ1v) is 8.02. The van der Waals surface area contributed by atoms with Crippen LogP contribution in [0, 0.1) is 5.92 Å². The fourth-order valence-corrected chi connectivity index (χ4v) is 3.03. The van der Waals surface area contributed by atoms with Gasteiger partial charge in [-0.15, -0.1) is 12.4 Å². The number of piperidine rings is 1. The summed E-state index contributed by atoms with van der Waals surface area (Å²) in [6.07, 6.45) is 5.92. The summed E-state index contributed by atoms with van der Waals surface area (Å²) >= 11 is 0. The van der Waals surface area contributed by atoms with E-state index in [-0.39, 0.29) is 24.4 Å². The molecule has 2 unspecified atom stereocenters. The molecule has 1 aliphatic heterocycles. The van der Waals surface area contributed by atoms with E-state index in [0.717, 1.165) is 24.9 Å². The number of aromatic nitrogens is 2. The molecular formula is C16H23ClN4O3. The van der Waals surface area contributed by atoms with Gasteiger partial charge >= 0.3 is 0 Å². The molecule has 0 bridgehead atoms. The van der Waals surface area contributed by atoms with Gasteiger partial charge in [0, 0.05) is 32.0 Å². The van der Waals surface area contributed by atoms with Crippen molar-refractivity contribution in [3.63, 3.8) is 0 Å². The second-order valence-electron chi connectivity index (χ2n) is 6.13. The minimum absolute atomic E-state index is 0. The molecule has 0 saturated carbocycles. The Kier molecular flexibility index (Phi) is 6.39. The number of nitrogens with two attached hydrogens (primary N) is 1. The molecule has 2 aromatic heterocycles. The Morgan fingerprint density at radius 3 is 3.04 bits per heavy atom. The van der Waals surface area contributed by atoms with E-state index in [4.69, 9.17) is 14.7 Å². The van der Waals surface area contributed by atoms with Crippen LogP contribution in [-0.2, 0) is 11.2 Å². The monoisotopic (exact) mass is 354 g/mol. The normalized spacial score (nSPS) is 20.7. The number of amides is 1. The standard InChI is InChI=1S/C16H22N4O3.ClH/c1-11-4-6-20(13(8-11)9-17)15(21)3-2-14-18-16(19-23-14)12-5-7-22-10-12;/h5,7,10-11,13H,2-4,6,8-9,17H2,1H3;1H. The van der Waals surface area contributed by atoms with Gasteiger partial charge < -0.3 is 19.6 Å². The van der Waals surface area contributed by atoms with Crippen molar-refractivity contribution < 1.29 is 13.7 Å². The predicted molar refractivity (Wildman–Crippen MR) is 90.5 cm³/mol. The Hall–Kier alpha value is -1.86. The van der Waals surface area contributed by atoms with Crippen LogP contribution in [0.5, 0.6) is 0 Å². The van der Waals surface area contributed by atoms with Gasteiger partial charge in [-0.25, -0.2) is 0 Å². The molecule has 7 nitrogen and oxygen atoms in total. The van der Waals surface area contributed by atoms with Gasteiger partial charge in [0.05, 0.1) is 11.8 Å². The van der Waals surface area contributed by atoms with Gasteiger partial charge in [0.2, 0.25) is 17.6 Å². The van der Waals surface area contributed by atoms with E-state index < -0.39 is 0 Å². The maximum atomic E-state index is 12.4. The maximum Gasteiger partial charge on any atom is 0.227 e. The number of hydrogen-bond donors (Lipinski definition) is 1. The Labute approximate surface area is 147 Å². The highest BCUT2D eigenvalue weighted by molar-refractivity contribution is 5.85. The molecule has 1 fully saturated rings. The first-order chi connectivity index (χ1) is 11.2. The molecule has 3 heterocycles. The molecule has 24 heavy (non-hydrogen) atoms. The number of carbonyl (C=O) groups is 1. The second-order valence-corrected chi connectivity index (χ2v) is 6.13. The quantitative estimate of drug-likeness (QED) is 0.884. The SMILES string of the molecule is CC1CCN(C(=O)CCc2nc(-c3ccoc3)no2)C(CN)C1.Cl. The molecule has 3 rings (SSSR count). The van der Waals surface area contributed by atoms with Gasteiger partial charge in [0.15, 0.2) is 0 Å². The third-order valence-electron chi connectivity index (χ3n) is 4.37. The molecule has 0 aromatic carbocycles. The van der Waals surface area contributed by atoms with E-state index in [1.807, 2.05) is 4.90 Å². The summed E-state index contributed by atoms with van der Waals surface area (Å²) in [6, 6.07) is 1.91. The van der Waals surface area contributed by atoms with Crippen molar-refractivity contribution in [3.8, 4) is 11.4 Å². The number of hydrogen-bond acceptors (Lipinski definition) is 6. The Morgan fingerprint density at radius 2 is 2.33 bits per heavy atom. The molecule has 2 aromatic rings. The summed E-state index contributed by atoms with van der Waals surface area (Å²) in [5.74, 6) is 1.67. The molecule has 1 aliphatic rings. The van der Waals surface area contributed by atoms with Crippen LogP contribution in [0.15, 0.2) is 27.5 Å². The highest BCUT2D eigenvalue weighted by atomic mass is 35.5. The molecule has 0 aliphatic carbocycles. The lowest BCUT2D eigenvalue weighted by atomic mass is 9.92. The minimum atomic E-state index is 0. The van der Waals surface area contributed by atoms with Gasteiger partial charge in [0.1, 0.15) is 6.26 Å². The first-order valence-electron chi connectivity index (χ1n) is 8.02. The highest BCUT2D eigenvalue weighted by Crippen LogP contribution is 2.23. The summed E-state index contributed by atoms with van der Waals surface area (Å²) in [7, 11) is 0. The van der Waals surface area contributed by atoms with Gasteiger partial charge in [-0.3, -0.25) is 4.79 Å². The van der Waals surface area contributed by atoms with Crippen molar-refractivity contribution in [1.82, 2.24) is 15.0 Å². The zero-order valence-corrected chi connectivity index (χ0v) is 14.5. The lowest BCUT2D eigenvalue weighted by molar-refractivity contribution is -0.135. The van der Waals surface area contributed by atoms with Crippen LogP contribution < -0.4 is 5.73 Å². The molecule has 1 amide bonds. The van der Waals surface area contributed by atoms with E-state index >= 15 is 0 Å². The minimum Gasteiger partial charge on any atom is -0.472 e. The summed E-state index contributed by atoms with van der Waals surface area (Å²) < 4.78 is 10.2.